The number of hydrogen-bond donors (Lipinski definition) is 2. The third-order valence-corrected chi connectivity index (χ3v) is 3.44. The Labute approximate surface area is 135 Å². The van der Waals surface area contributed by atoms with Crippen molar-refractivity contribution in [1.82, 2.24) is 0 Å². The molecule has 5 nitrogen and oxygen atoms in total. The third kappa shape index (κ3) is 4.32. The molecule has 0 saturated carbocycles. The predicted molar refractivity (Wildman–Crippen MR) is 89.5 cm³/mol. The lowest BCUT2D eigenvalue weighted by Crippen LogP contribution is -2.32. The SMILES string of the molecule is CCC(Oc1ccccc1C)C(=O)Nc1cccc(C(N)=O)c1. The number of aryl methyl sites for hydroxylation is 1. The van der Waals surface area contributed by atoms with E-state index in [0.717, 1.165) is 5.56 Å². The number of rotatable bonds is 6. The van der Waals surface area contributed by atoms with Gasteiger partial charge in [-0.15, -0.1) is 0 Å². The molecule has 0 bridgehead atoms. The van der Waals surface area contributed by atoms with Crippen molar-refractivity contribution in [3.63, 3.8) is 0 Å². The monoisotopic (exact) mass is 312 g/mol. The minimum Gasteiger partial charge on any atom is -0.480 e. The van der Waals surface area contributed by atoms with Gasteiger partial charge in [0.2, 0.25) is 5.91 Å². The van der Waals surface area contributed by atoms with E-state index in [9.17, 15) is 9.59 Å². The predicted octanol–water partition coefficient (Wildman–Crippen LogP) is 2.89. The van der Waals surface area contributed by atoms with Gasteiger partial charge in [0.1, 0.15) is 5.75 Å². The lowest BCUT2D eigenvalue weighted by atomic mass is 10.1. The highest BCUT2D eigenvalue weighted by molar-refractivity contribution is 5.97. The molecule has 0 heterocycles. The average molecular weight is 312 g/mol. The van der Waals surface area contributed by atoms with Crippen LogP contribution in [-0.4, -0.2) is 17.9 Å². The minimum absolute atomic E-state index is 0.266. The summed E-state index contributed by atoms with van der Waals surface area (Å²) in [6.07, 6.45) is -0.0938. The molecule has 0 aromatic heterocycles. The van der Waals surface area contributed by atoms with Crippen LogP contribution in [0.4, 0.5) is 5.69 Å². The molecule has 1 atom stereocenters. The maximum atomic E-state index is 12.4. The summed E-state index contributed by atoms with van der Waals surface area (Å²) < 4.78 is 5.80. The van der Waals surface area contributed by atoms with E-state index in [-0.39, 0.29) is 5.91 Å². The smallest absolute Gasteiger partial charge is 0.265 e. The molecule has 5 heteroatoms. The van der Waals surface area contributed by atoms with Crippen molar-refractivity contribution in [2.45, 2.75) is 26.4 Å². The van der Waals surface area contributed by atoms with E-state index < -0.39 is 12.0 Å². The third-order valence-electron chi connectivity index (χ3n) is 3.44. The van der Waals surface area contributed by atoms with Crippen LogP contribution in [0.15, 0.2) is 48.5 Å². The first kappa shape index (κ1) is 16.5. The first-order valence-corrected chi connectivity index (χ1v) is 7.44. The Hall–Kier alpha value is -2.82. The summed E-state index contributed by atoms with van der Waals surface area (Å²) in [5.74, 6) is -0.123. The molecule has 0 saturated heterocycles. The summed E-state index contributed by atoms with van der Waals surface area (Å²) in [6.45, 7) is 3.80. The quantitative estimate of drug-likeness (QED) is 0.860. The van der Waals surface area contributed by atoms with E-state index in [1.165, 1.54) is 0 Å². The van der Waals surface area contributed by atoms with Gasteiger partial charge in [-0.3, -0.25) is 9.59 Å². The number of nitrogens with one attached hydrogen (secondary N) is 1. The Balaban J connectivity index is 2.10. The van der Waals surface area contributed by atoms with E-state index in [2.05, 4.69) is 5.32 Å². The van der Waals surface area contributed by atoms with Crippen LogP contribution in [0.25, 0.3) is 0 Å². The van der Waals surface area contributed by atoms with Gasteiger partial charge in [-0.2, -0.15) is 0 Å². The molecule has 0 spiro atoms. The van der Waals surface area contributed by atoms with Crippen LogP contribution in [0.3, 0.4) is 0 Å². The fraction of sp³-hybridized carbons (Fsp3) is 0.222. The fourth-order valence-electron chi connectivity index (χ4n) is 2.14. The topological polar surface area (TPSA) is 81.4 Å². The standard InChI is InChI=1S/C18H20N2O3/c1-3-15(23-16-10-5-4-7-12(16)2)18(22)20-14-9-6-8-13(11-14)17(19)21/h4-11,15H,3H2,1-2H3,(H2,19,21)(H,20,22). The lowest BCUT2D eigenvalue weighted by molar-refractivity contribution is -0.122. The first-order chi connectivity index (χ1) is 11.0. The number of carbonyl (C=O) groups excluding carboxylic acids is 2. The Morgan fingerprint density at radius 1 is 1.17 bits per heavy atom. The molecule has 0 aliphatic rings. The highest BCUT2D eigenvalue weighted by Crippen LogP contribution is 2.20. The van der Waals surface area contributed by atoms with Gasteiger partial charge in [-0.25, -0.2) is 0 Å². The molecular weight excluding hydrogens is 292 g/mol. The van der Waals surface area contributed by atoms with Crippen molar-refractivity contribution in [2.75, 3.05) is 5.32 Å². The van der Waals surface area contributed by atoms with E-state index in [1.54, 1.807) is 24.3 Å². The zero-order valence-corrected chi connectivity index (χ0v) is 13.2. The molecule has 3 N–H and O–H groups in total. The number of ether oxygens (including phenoxy) is 1. The van der Waals surface area contributed by atoms with Crippen molar-refractivity contribution >= 4 is 17.5 Å². The second kappa shape index (κ2) is 7.45. The molecule has 0 radical (unpaired) electrons. The molecule has 0 fully saturated rings. The number of para-hydroxylation sites is 1. The summed E-state index contributed by atoms with van der Waals surface area (Å²) >= 11 is 0. The van der Waals surface area contributed by atoms with Crippen LogP contribution in [0.5, 0.6) is 5.75 Å². The Morgan fingerprint density at radius 2 is 1.91 bits per heavy atom. The zero-order valence-electron chi connectivity index (χ0n) is 13.2. The number of hydrogen-bond acceptors (Lipinski definition) is 3. The van der Waals surface area contributed by atoms with Crippen LogP contribution in [0, 0.1) is 6.92 Å². The zero-order chi connectivity index (χ0) is 16.8. The number of benzene rings is 2. The summed E-state index contributed by atoms with van der Waals surface area (Å²) in [6, 6.07) is 14.0. The number of carbonyl (C=O) groups is 2. The first-order valence-electron chi connectivity index (χ1n) is 7.44. The fourth-order valence-corrected chi connectivity index (χ4v) is 2.14. The maximum absolute atomic E-state index is 12.4. The van der Waals surface area contributed by atoms with E-state index >= 15 is 0 Å². The summed E-state index contributed by atoms with van der Waals surface area (Å²) in [4.78, 5) is 23.6. The van der Waals surface area contributed by atoms with Gasteiger partial charge in [0.15, 0.2) is 6.10 Å². The van der Waals surface area contributed by atoms with Crippen molar-refractivity contribution in [2.24, 2.45) is 5.73 Å². The maximum Gasteiger partial charge on any atom is 0.265 e. The van der Waals surface area contributed by atoms with Crippen molar-refractivity contribution in [1.29, 1.82) is 0 Å². The van der Waals surface area contributed by atoms with E-state index in [4.69, 9.17) is 10.5 Å². The largest absolute Gasteiger partial charge is 0.480 e. The molecule has 1 unspecified atom stereocenters. The van der Waals surface area contributed by atoms with Gasteiger partial charge in [0, 0.05) is 11.3 Å². The Bertz CT molecular complexity index is 713. The number of anilines is 1. The van der Waals surface area contributed by atoms with Gasteiger partial charge < -0.3 is 15.8 Å². The molecule has 2 aromatic carbocycles. The highest BCUT2D eigenvalue weighted by Gasteiger charge is 2.19. The van der Waals surface area contributed by atoms with E-state index in [0.29, 0.717) is 23.4 Å². The second-order valence-electron chi connectivity index (χ2n) is 5.21. The van der Waals surface area contributed by atoms with Crippen molar-refractivity contribution in [3.8, 4) is 5.75 Å². The summed E-state index contributed by atoms with van der Waals surface area (Å²) in [5.41, 5.74) is 7.06. The molecule has 2 amide bonds. The summed E-state index contributed by atoms with van der Waals surface area (Å²) in [7, 11) is 0. The van der Waals surface area contributed by atoms with E-state index in [1.807, 2.05) is 38.1 Å². The molecule has 0 aliphatic carbocycles. The molecule has 2 aromatic rings. The van der Waals surface area contributed by atoms with Gasteiger partial charge in [-0.1, -0.05) is 31.2 Å². The van der Waals surface area contributed by atoms with Gasteiger partial charge in [0.05, 0.1) is 0 Å². The normalized spacial score (nSPS) is 11.6. The van der Waals surface area contributed by atoms with Crippen LogP contribution < -0.4 is 15.8 Å². The minimum atomic E-state index is -0.617. The van der Waals surface area contributed by atoms with Gasteiger partial charge >= 0.3 is 0 Å². The molecule has 23 heavy (non-hydrogen) atoms. The molecular formula is C18H20N2O3. The molecule has 0 aliphatic heterocycles. The highest BCUT2D eigenvalue weighted by atomic mass is 16.5. The van der Waals surface area contributed by atoms with Crippen LogP contribution in [0.2, 0.25) is 0 Å². The molecule has 2 rings (SSSR count). The van der Waals surface area contributed by atoms with Crippen LogP contribution in [-0.2, 0) is 4.79 Å². The van der Waals surface area contributed by atoms with Crippen LogP contribution in [0.1, 0.15) is 29.3 Å². The number of nitrogens with two attached hydrogens (primary N) is 1. The summed E-state index contributed by atoms with van der Waals surface area (Å²) in [5, 5.41) is 2.76. The number of amides is 2. The Kier molecular flexibility index (Phi) is 5.36. The molecule has 120 valence electrons. The Morgan fingerprint density at radius 3 is 2.57 bits per heavy atom. The van der Waals surface area contributed by atoms with Crippen LogP contribution >= 0.6 is 0 Å². The van der Waals surface area contributed by atoms with Gasteiger partial charge in [0.25, 0.3) is 5.91 Å². The van der Waals surface area contributed by atoms with Crippen molar-refractivity contribution in [3.05, 3.63) is 59.7 Å². The average Bonchev–Trinajstić information content (AvgIpc) is 2.54. The number of primary amides is 1. The van der Waals surface area contributed by atoms with Crippen molar-refractivity contribution < 1.29 is 14.3 Å². The second-order valence-corrected chi connectivity index (χ2v) is 5.21. The van der Waals surface area contributed by atoms with Gasteiger partial charge in [-0.05, 0) is 43.2 Å². The lowest BCUT2D eigenvalue weighted by Gasteiger charge is -2.18.